The molecular weight excluding hydrogens is 360 g/mol. The third kappa shape index (κ3) is 2.96. The van der Waals surface area contributed by atoms with Crippen molar-refractivity contribution in [2.45, 2.75) is 20.8 Å². The molecule has 2 heterocycles. The Morgan fingerprint density at radius 2 is 1.61 bits per heavy atom. The Morgan fingerprint density at radius 3 is 2.29 bits per heavy atom. The predicted molar refractivity (Wildman–Crippen MR) is 102 cm³/mol. The molecule has 2 aromatic carbocycles. The quantitative estimate of drug-likeness (QED) is 0.391. The standard InChI is InChI=1S/C21H16N2O5/c1-11-4-6-14(7-5-11)18-17-19(26-12(2)24)16-10-22-9-8-15(16)20(27-13(3)25)21(17)28-23-18/h4-10H,1-3H3. The second kappa shape index (κ2) is 6.77. The van der Waals surface area contributed by atoms with Crippen molar-refractivity contribution in [3.05, 3.63) is 48.3 Å². The maximum atomic E-state index is 11.8. The summed E-state index contributed by atoms with van der Waals surface area (Å²) in [6.07, 6.45) is 3.10. The van der Waals surface area contributed by atoms with Crippen molar-refractivity contribution in [3.8, 4) is 22.8 Å². The van der Waals surface area contributed by atoms with Crippen molar-refractivity contribution < 1.29 is 23.6 Å². The topological polar surface area (TPSA) is 91.5 Å². The number of aromatic nitrogens is 2. The van der Waals surface area contributed by atoms with Gasteiger partial charge >= 0.3 is 11.9 Å². The van der Waals surface area contributed by atoms with E-state index in [0.717, 1.165) is 11.1 Å². The number of carbonyl (C=O) groups excluding carboxylic acids is 2. The van der Waals surface area contributed by atoms with E-state index in [4.69, 9.17) is 14.0 Å². The van der Waals surface area contributed by atoms with E-state index in [1.807, 2.05) is 31.2 Å². The van der Waals surface area contributed by atoms with Gasteiger partial charge in [0.2, 0.25) is 5.58 Å². The highest BCUT2D eigenvalue weighted by atomic mass is 16.6. The number of pyridine rings is 1. The highest BCUT2D eigenvalue weighted by Gasteiger charge is 2.26. The molecule has 0 N–H and O–H groups in total. The molecule has 0 radical (unpaired) electrons. The molecule has 0 bridgehead atoms. The number of esters is 2. The summed E-state index contributed by atoms with van der Waals surface area (Å²) in [5.74, 6) is -0.532. The van der Waals surface area contributed by atoms with Crippen molar-refractivity contribution in [1.82, 2.24) is 10.1 Å². The van der Waals surface area contributed by atoms with E-state index in [1.165, 1.54) is 13.8 Å². The molecule has 0 aliphatic carbocycles. The van der Waals surface area contributed by atoms with Gasteiger partial charge < -0.3 is 14.0 Å². The van der Waals surface area contributed by atoms with E-state index in [2.05, 4.69) is 10.1 Å². The van der Waals surface area contributed by atoms with Crippen LogP contribution in [0.4, 0.5) is 0 Å². The lowest BCUT2D eigenvalue weighted by atomic mass is 10.0. The second-order valence-electron chi connectivity index (χ2n) is 6.37. The van der Waals surface area contributed by atoms with Crippen molar-refractivity contribution in [2.75, 3.05) is 0 Å². The van der Waals surface area contributed by atoms with Crippen LogP contribution in [-0.2, 0) is 9.59 Å². The zero-order valence-electron chi connectivity index (χ0n) is 15.5. The first-order valence-electron chi connectivity index (χ1n) is 8.58. The first-order chi connectivity index (χ1) is 13.5. The van der Waals surface area contributed by atoms with Gasteiger partial charge in [-0.3, -0.25) is 14.6 Å². The van der Waals surface area contributed by atoms with Crippen molar-refractivity contribution >= 4 is 33.7 Å². The van der Waals surface area contributed by atoms with Crippen LogP contribution in [0.5, 0.6) is 11.5 Å². The zero-order chi connectivity index (χ0) is 19.8. The number of ether oxygens (including phenoxy) is 2. The monoisotopic (exact) mass is 376 g/mol. The van der Waals surface area contributed by atoms with E-state index in [-0.39, 0.29) is 17.1 Å². The molecule has 4 rings (SSSR count). The summed E-state index contributed by atoms with van der Waals surface area (Å²) in [4.78, 5) is 27.6. The lowest BCUT2D eigenvalue weighted by Crippen LogP contribution is -2.05. The van der Waals surface area contributed by atoms with E-state index >= 15 is 0 Å². The number of hydrogen-bond acceptors (Lipinski definition) is 7. The molecule has 0 spiro atoms. The van der Waals surface area contributed by atoms with Crippen LogP contribution in [0.15, 0.2) is 47.2 Å². The minimum Gasteiger partial charge on any atom is -0.425 e. The molecule has 0 aliphatic heterocycles. The van der Waals surface area contributed by atoms with E-state index in [1.54, 1.807) is 18.5 Å². The average molecular weight is 376 g/mol. The molecule has 28 heavy (non-hydrogen) atoms. The van der Waals surface area contributed by atoms with Crippen LogP contribution in [0.3, 0.4) is 0 Å². The van der Waals surface area contributed by atoms with Gasteiger partial charge in [0.1, 0.15) is 5.69 Å². The van der Waals surface area contributed by atoms with Gasteiger partial charge in [-0.25, -0.2) is 0 Å². The zero-order valence-corrected chi connectivity index (χ0v) is 15.5. The molecule has 0 unspecified atom stereocenters. The van der Waals surface area contributed by atoms with Gasteiger partial charge in [-0.05, 0) is 13.0 Å². The molecule has 7 heteroatoms. The Morgan fingerprint density at radius 1 is 0.929 bits per heavy atom. The lowest BCUT2D eigenvalue weighted by Gasteiger charge is -2.12. The van der Waals surface area contributed by atoms with Crippen LogP contribution >= 0.6 is 0 Å². The minimum absolute atomic E-state index is 0.210. The van der Waals surface area contributed by atoms with Gasteiger partial charge in [0, 0.05) is 42.6 Å². The number of benzene rings is 2. The van der Waals surface area contributed by atoms with Gasteiger partial charge in [-0.1, -0.05) is 35.0 Å². The maximum Gasteiger partial charge on any atom is 0.308 e. The molecule has 0 fully saturated rings. The van der Waals surface area contributed by atoms with Crippen LogP contribution in [-0.4, -0.2) is 22.1 Å². The molecule has 0 amide bonds. The van der Waals surface area contributed by atoms with Crippen molar-refractivity contribution in [1.29, 1.82) is 0 Å². The first-order valence-corrected chi connectivity index (χ1v) is 8.58. The Hall–Kier alpha value is -3.74. The SMILES string of the molecule is CC(=O)Oc1c2ccncc2c(OC(C)=O)c2c(-c3ccc(C)cc3)noc12. The Balaban J connectivity index is 2.14. The fraction of sp³-hybridized carbons (Fsp3) is 0.143. The van der Waals surface area contributed by atoms with Crippen LogP contribution < -0.4 is 9.47 Å². The summed E-state index contributed by atoms with van der Waals surface area (Å²) in [5, 5.41) is 5.66. The summed E-state index contributed by atoms with van der Waals surface area (Å²) in [5.41, 5.74) is 2.56. The second-order valence-corrected chi connectivity index (χ2v) is 6.37. The smallest absolute Gasteiger partial charge is 0.308 e. The fourth-order valence-corrected chi connectivity index (χ4v) is 3.09. The molecule has 140 valence electrons. The van der Waals surface area contributed by atoms with Crippen LogP contribution in [0.25, 0.3) is 33.0 Å². The molecule has 0 saturated carbocycles. The van der Waals surface area contributed by atoms with Crippen molar-refractivity contribution in [2.24, 2.45) is 0 Å². The van der Waals surface area contributed by atoms with Crippen LogP contribution in [0.1, 0.15) is 19.4 Å². The molecule has 7 nitrogen and oxygen atoms in total. The van der Waals surface area contributed by atoms with Gasteiger partial charge in [0.05, 0.1) is 5.39 Å². The number of aryl methyl sites for hydroxylation is 1. The minimum atomic E-state index is -0.507. The Labute approximate surface area is 159 Å². The number of hydrogen-bond donors (Lipinski definition) is 0. The summed E-state index contributed by atoms with van der Waals surface area (Å²) in [7, 11) is 0. The number of fused-ring (bicyclic) bond motifs is 2. The molecule has 0 saturated heterocycles. The highest BCUT2D eigenvalue weighted by molar-refractivity contribution is 6.14. The fourth-order valence-electron chi connectivity index (χ4n) is 3.09. The van der Waals surface area contributed by atoms with E-state index in [0.29, 0.717) is 21.9 Å². The van der Waals surface area contributed by atoms with E-state index < -0.39 is 11.9 Å². The molecule has 0 atom stereocenters. The number of nitrogens with zero attached hydrogens (tertiary/aromatic N) is 2. The van der Waals surface area contributed by atoms with Crippen LogP contribution in [0.2, 0.25) is 0 Å². The summed E-state index contributed by atoms with van der Waals surface area (Å²) in [6, 6.07) is 9.33. The van der Waals surface area contributed by atoms with Gasteiger partial charge in [0.15, 0.2) is 11.5 Å². The Kier molecular flexibility index (Phi) is 4.27. The molecule has 0 aliphatic rings. The number of carbonyl (C=O) groups is 2. The molecule has 2 aromatic heterocycles. The summed E-state index contributed by atoms with van der Waals surface area (Å²) < 4.78 is 16.5. The average Bonchev–Trinajstić information content (AvgIpc) is 3.09. The third-order valence-electron chi connectivity index (χ3n) is 4.25. The largest absolute Gasteiger partial charge is 0.425 e. The first kappa shape index (κ1) is 17.7. The van der Waals surface area contributed by atoms with Gasteiger partial charge in [0.25, 0.3) is 0 Å². The van der Waals surface area contributed by atoms with E-state index in [9.17, 15) is 9.59 Å². The highest BCUT2D eigenvalue weighted by Crippen LogP contribution is 2.46. The van der Waals surface area contributed by atoms with Gasteiger partial charge in [-0.2, -0.15) is 0 Å². The van der Waals surface area contributed by atoms with Crippen molar-refractivity contribution in [3.63, 3.8) is 0 Å². The number of rotatable bonds is 3. The third-order valence-corrected chi connectivity index (χ3v) is 4.25. The Bertz CT molecular complexity index is 1230. The molecule has 4 aromatic rings. The van der Waals surface area contributed by atoms with Crippen LogP contribution in [0, 0.1) is 6.92 Å². The predicted octanol–water partition coefficient (Wildman–Crippen LogP) is 4.20. The lowest BCUT2D eigenvalue weighted by molar-refractivity contribution is -0.132. The normalized spacial score (nSPS) is 11.0. The maximum absolute atomic E-state index is 11.8. The summed E-state index contributed by atoms with van der Waals surface area (Å²) >= 11 is 0. The summed E-state index contributed by atoms with van der Waals surface area (Å²) in [6.45, 7) is 4.59. The molecular formula is C21H16N2O5. The van der Waals surface area contributed by atoms with Gasteiger partial charge in [-0.15, -0.1) is 0 Å².